The summed E-state index contributed by atoms with van der Waals surface area (Å²) in [5.74, 6) is -0.0165. The van der Waals surface area contributed by atoms with Crippen molar-refractivity contribution in [1.29, 1.82) is 0 Å². The van der Waals surface area contributed by atoms with E-state index in [4.69, 9.17) is 14.9 Å². The molecule has 0 aromatic carbocycles. The highest BCUT2D eigenvalue weighted by molar-refractivity contribution is 7.80. The number of rotatable bonds is 6. The van der Waals surface area contributed by atoms with Crippen LogP contribution in [0.4, 0.5) is 0 Å². The van der Waals surface area contributed by atoms with Gasteiger partial charge < -0.3 is 30.5 Å². The van der Waals surface area contributed by atoms with Crippen molar-refractivity contribution in [3.63, 3.8) is 0 Å². The van der Waals surface area contributed by atoms with Crippen molar-refractivity contribution in [2.75, 3.05) is 19.1 Å². The lowest BCUT2D eigenvalue weighted by Gasteiger charge is -2.42. The Morgan fingerprint density at radius 1 is 1.26 bits per heavy atom. The van der Waals surface area contributed by atoms with Gasteiger partial charge in [-0.3, -0.25) is 10.1 Å². The number of carbonyl (C=O) groups is 1. The summed E-state index contributed by atoms with van der Waals surface area (Å²) in [4.78, 5) is 11.5. The molecule has 0 spiro atoms. The molecule has 5 atom stereocenters. The fraction of sp³-hybridized carbons (Fsp3) is 0.900. The minimum absolute atomic E-state index is 0.150. The highest BCUT2D eigenvalue weighted by Crippen LogP contribution is 2.19. The molecule has 0 bridgehead atoms. The third-order valence-corrected chi connectivity index (χ3v) is 3.11. The second kappa shape index (κ2) is 8.00. The SMILES string of the molecule is O=C(CCS)NC1C(O)[C@H](O)C(CO)O[C@H]1NCO. The molecule has 0 aromatic heterocycles. The van der Waals surface area contributed by atoms with Crippen LogP contribution in [0.1, 0.15) is 6.42 Å². The highest BCUT2D eigenvalue weighted by Gasteiger charge is 2.44. The molecule has 1 heterocycles. The first kappa shape index (κ1) is 16.6. The van der Waals surface area contributed by atoms with Gasteiger partial charge in [0, 0.05) is 6.42 Å². The smallest absolute Gasteiger partial charge is 0.221 e. The van der Waals surface area contributed by atoms with Crippen molar-refractivity contribution in [2.24, 2.45) is 0 Å². The van der Waals surface area contributed by atoms with Crippen LogP contribution in [0.3, 0.4) is 0 Å². The van der Waals surface area contributed by atoms with Crippen molar-refractivity contribution < 1.29 is 30.0 Å². The summed E-state index contributed by atoms with van der Waals surface area (Å²) in [7, 11) is 0. The summed E-state index contributed by atoms with van der Waals surface area (Å²) in [5.41, 5.74) is 0. The van der Waals surface area contributed by atoms with Gasteiger partial charge in [-0.1, -0.05) is 0 Å². The molecule has 3 unspecified atom stereocenters. The average Bonchev–Trinajstić information content (AvgIpc) is 2.38. The number of carbonyl (C=O) groups excluding carboxylic acids is 1. The monoisotopic (exact) mass is 296 g/mol. The Morgan fingerprint density at radius 2 is 1.95 bits per heavy atom. The Morgan fingerprint density at radius 3 is 2.47 bits per heavy atom. The van der Waals surface area contributed by atoms with Crippen LogP contribution in [0.5, 0.6) is 0 Å². The summed E-state index contributed by atoms with van der Waals surface area (Å²) >= 11 is 3.92. The number of amides is 1. The fourth-order valence-electron chi connectivity index (χ4n) is 1.90. The number of hydrogen-bond donors (Lipinski definition) is 7. The van der Waals surface area contributed by atoms with E-state index >= 15 is 0 Å². The van der Waals surface area contributed by atoms with E-state index in [0.717, 1.165) is 0 Å². The number of aliphatic hydroxyl groups excluding tert-OH is 4. The Labute approximate surface area is 116 Å². The van der Waals surface area contributed by atoms with Crippen molar-refractivity contribution in [1.82, 2.24) is 10.6 Å². The molecule has 1 aliphatic heterocycles. The molecular formula is C10H20N2O6S. The Bertz CT molecular complexity index is 295. The van der Waals surface area contributed by atoms with Gasteiger partial charge in [-0.25, -0.2) is 0 Å². The molecule has 0 radical (unpaired) electrons. The van der Waals surface area contributed by atoms with E-state index in [9.17, 15) is 15.0 Å². The predicted octanol–water partition coefficient (Wildman–Crippen LogP) is -3.23. The fourth-order valence-corrected chi connectivity index (χ4v) is 2.10. The average molecular weight is 296 g/mol. The molecule has 0 aromatic rings. The van der Waals surface area contributed by atoms with Gasteiger partial charge in [0.1, 0.15) is 24.5 Å². The number of hydrogen-bond acceptors (Lipinski definition) is 8. The van der Waals surface area contributed by atoms with E-state index in [1.54, 1.807) is 0 Å². The summed E-state index contributed by atoms with van der Waals surface area (Å²) < 4.78 is 5.29. The summed E-state index contributed by atoms with van der Waals surface area (Å²) in [6.45, 7) is -0.927. The van der Waals surface area contributed by atoms with Crippen LogP contribution in [-0.4, -0.2) is 76.0 Å². The van der Waals surface area contributed by atoms with E-state index in [0.29, 0.717) is 5.75 Å². The Hall–Kier alpha value is -0.420. The van der Waals surface area contributed by atoms with Gasteiger partial charge in [-0.2, -0.15) is 12.6 Å². The zero-order valence-corrected chi connectivity index (χ0v) is 11.2. The first-order valence-electron chi connectivity index (χ1n) is 5.92. The summed E-state index contributed by atoms with van der Waals surface area (Å²) in [6, 6.07) is -0.933. The lowest BCUT2D eigenvalue weighted by Crippen LogP contribution is -2.67. The van der Waals surface area contributed by atoms with Gasteiger partial charge in [0.15, 0.2) is 0 Å². The van der Waals surface area contributed by atoms with Crippen LogP contribution in [-0.2, 0) is 9.53 Å². The summed E-state index contributed by atoms with van der Waals surface area (Å²) in [5, 5.41) is 42.6. The van der Waals surface area contributed by atoms with Gasteiger partial charge in [0.2, 0.25) is 5.91 Å². The lowest BCUT2D eigenvalue weighted by molar-refractivity contribution is -0.205. The number of thiol groups is 1. The van der Waals surface area contributed by atoms with Crippen molar-refractivity contribution >= 4 is 18.5 Å². The van der Waals surface area contributed by atoms with Gasteiger partial charge in [0.05, 0.1) is 19.4 Å². The molecule has 6 N–H and O–H groups in total. The number of aliphatic hydroxyl groups is 4. The minimum Gasteiger partial charge on any atom is -0.394 e. The van der Waals surface area contributed by atoms with E-state index in [1.165, 1.54) is 0 Å². The zero-order valence-electron chi connectivity index (χ0n) is 10.3. The van der Waals surface area contributed by atoms with E-state index in [2.05, 4.69) is 23.3 Å². The maximum atomic E-state index is 11.5. The molecular weight excluding hydrogens is 276 g/mol. The predicted molar refractivity (Wildman–Crippen MR) is 68.4 cm³/mol. The van der Waals surface area contributed by atoms with Crippen LogP contribution in [0.25, 0.3) is 0 Å². The highest BCUT2D eigenvalue weighted by atomic mass is 32.1. The first-order valence-corrected chi connectivity index (χ1v) is 6.55. The quantitative estimate of drug-likeness (QED) is 0.203. The van der Waals surface area contributed by atoms with Crippen LogP contribution in [0, 0.1) is 0 Å². The standard InChI is InChI=1S/C10H20N2O6S/c13-3-5-8(16)9(17)7(10(18-5)11-4-14)12-6(15)1-2-19/h5,7-11,13-14,16-17,19H,1-4H2,(H,12,15)/t5?,7?,8-,9?,10-/m1/s1. The topological polar surface area (TPSA) is 131 Å². The maximum absolute atomic E-state index is 11.5. The third-order valence-electron chi connectivity index (χ3n) is 2.89. The molecule has 0 aliphatic carbocycles. The van der Waals surface area contributed by atoms with Gasteiger partial charge >= 0.3 is 0 Å². The molecule has 8 nitrogen and oxygen atoms in total. The second-order valence-electron chi connectivity index (χ2n) is 4.19. The molecule has 1 fully saturated rings. The third kappa shape index (κ3) is 4.28. The van der Waals surface area contributed by atoms with Gasteiger partial charge in [0.25, 0.3) is 0 Å². The van der Waals surface area contributed by atoms with E-state index in [1.807, 2.05) is 0 Å². The van der Waals surface area contributed by atoms with Crippen LogP contribution in [0.2, 0.25) is 0 Å². The molecule has 9 heteroatoms. The molecule has 1 amide bonds. The molecule has 112 valence electrons. The largest absolute Gasteiger partial charge is 0.394 e. The Balaban J connectivity index is 2.75. The van der Waals surface area contributed by atoms with E-state index in [-0.39, 0.29) is 12.3 Å². The Kier molecular flexibility index (Phi) is 7.00. The lowest BCUT2D eigenvalue weighted by atomic mass is 9.96. The molecule has 0 saturated carbocycles. The minimum atomic E-state index is -1.33. The maximum Gasteiger partial charge on any atom is 0.221 e. The number of ether oxygens (including phenoxy) is 1. The van der Waals surface area contributed by atoms with Crippen LogP contribution in [0.15, 0.2) is 0 Å². The van der Waals surface area contributed by atoms with Crippen LogP contribution >= 0.6 is 12.6 Å². The van der Waals surface area contributed by atoms with Crippen molar-refractivity contribution in [2.45, 2.75) is 37.0 Å². The molecule has 1 rings (SSSR count). The zero-order chi connectivity index (χ0) is 14.4. The van der Waals surface area contributed by atoms with Crippen LogP contribution < -0.4 is 10.6 Å². The number of nitrogens with one attached hydrogen (secondary N) is 2. The van der Waals surface area contributed by atoms with Crippen molar-refractivity contribution in [3.05, 3.63) is 0 Å². The van der Waals surface area contributed by atoms with E-state index < -0.39 is 43.9 Å². The van der Waals surface area contributed by atoms with Gasteiger partial charge in [-0.05, 0) is 5.75 Å². The van der Waals surface area contributed by atoms with Crippen molar-refractivity contribution in [3.8, 4) is 0 Å². The molecule has 19 heavy (non-hydrogen) atoms. The second-order valence-corrected chi connectivity index (χ2v) is 4.64. The molecule has 1 aliphatic rings. The van der Waals surface area contributed by atoms with Gasteiger partial charge in [-0.15, -0.1) is 0 Å². The summed E-state index contributed by atoms with van der Waals surface area (Å²) in [6.07, 6.45) is -4.40. The molecule has 1 saturated heterocycles. The normalized spacial score (nSPS) is 35.1. The first-order chi connectivity index (χ1) is 9.04.